The fourth-order valence-electron chi connectivity index (χ4n) is 2.72. The molecule has 0 bridgehead atoms. The Kier molecular flexibility index (Phi) is 2.77. The van der Waals surface area contributed by atoms with Crippen LogP contribution in [0.4, 0.5) is 0 Å². The molecule has 4 aromatic rings. The average Bonchev–Trinajstić information content (AvgIpc) is 2.98. The molecule has 0 aliphatic carbocycles. The molecular weight excluding hydrogens is 294 g/mol. The van der Waals surface area contributed by atoms with Crippen molar-refractivity contribution in [2.24, 2.45) is 0 Å². The Morgan fingerprint density at radius 3 is 2.78 bits per heavy atom. The number of benzene rings is 2. The molecule has 0 spiro atoms. The Balaban J connectivity index is 2.05. The van der Waals surface area contributed by atoms with Crippen LogP contribution in [0.1, 0.15) is 10.4 Å². The van der Waals surface area contributed by atoms with E-state index in [1.54, 1.807) is 36.5 Å². The highest BCUT2D eigenvalue weighted by Crippen LogP contribution is 2.35. The quantitative estimate of drug-likeness (QED) is 0.528. The summed E-state index contributed by atoms with van der Waals surface area (Å²) in [5, 5.41) is 27.8. The highest BCUT2D eigenvalue weighted by Gasteiger charge is 2.15. The van der Waals surface area contributed by atoms with E-state index in [1.165, 1.54) is 6.07 Å². The van der Waals surface area contributed by atoms with Crippen molar-refractivity contribution in [2.45, 2.75) is 0 Å². The van der Waals surface area contributed by atoms with Crippen LogP contribution in [0.25, 0.3) is 33.1 Å². The molecule has 6 heteroatoms. The van der Waals surface area contributed by atoms with Gasteiger partial charge in [-0.2, -0.15) is 5.10 Å². The minimum Gasteiger partial charge on any atom is -0.506 e. The Hall–Kier alpha value is -3.41. The van der Waals surface area contributed by atoms with Crippen LogP contribution in [0.15, 0.2) is 48.7 Å². The lowest BCUT2D eigenvalue weighted by atomic mass is 10.0. The predicted octanol–water partition coefficient (Wildman–Crippen LogP) is 3.18. The maximum Gasteiger partial charge on any atom is 0.335 e. The van der Waals surface area contributed by atoms with Crippen molar-refractivity contribution in [1.82, 2.24) is 15.2 Å². The van der Waals surface area contributed by atoms with Gasteiger partial charge >= 0.3 is 5.97 Å². The lowest BCUT2D eigenvalue weighted by Gasteiger charge is -2.06. The molecule has 6 nitrogen and oxygen atoms in total. The van der Waals surface area contributed by atoms with Gasteiger partial charge in [-0.15, -0.1) is 0 Å². The molecule has 0 unspecified atom stereocenters. The van der Waals surface area contributed by atoms with E-state index < -0.39 is 5.97 Å². The van der Waals surface area contributed by atoms with E-state index in [0.717, 1.165) is 16.5 Å². The summed E-state index contributed by atoms with van der Waals surface area (Å²) >= 11 is 0. The predicted molar refractivity (Wildman–Crippen MR) is 85.5 cm³/mol. The minimum absolute atomic E-state index is 0.0930. The third-order valence-electron chi connectivity index (χ3n) is 3.81. The molecule has 2 aromatic heterocycles. The number of rotatable bonds is 2. The summed E-state index contributed by atoms with van der Waals surface area (Å²) in [6.45, 7) is 0. The third kappa shape index (κ3) is 2.00. The second kappa shape index (κ2) is 4.81. The zero-order valence-corrected chi connectivity index (χ0v) is 11.8. The number of H-pyrrole nitrogens is 1. The van der Waals surface area contributed by atoms with E-state index >= 15 is 0 Å². The van der Waals surface area contributed by atoms with Crippen LogP contribution in [-0.4, -0.2) is 31.4 Å². The number of pyridine rings is 1. The molecule has 0 aliphatic rings. The molecule has 2 aromatic carbocycles. The Morgan fingerprint density at radius 2 is 1.96 bits per heavy atom. The van der Waals surface area contributed by atoms with Gasteiger partial charge in [0, 0.05) is 22.5 Å². The molecule has 112 valence electrons. The SMILES string of the molecule is O=C(O)c1ccc2[nH]nc(-c3ccc(O)c4ncccc34)c2c1. The molecule has 0 atom stereocenters. The number of phenols is 1. The molecule has 0 saturated heterocycles. The van der Waals surface area contributed by atoms with E-state index in [-0.39, 0.29) is 11.3 Å². The number of aromatic hydroxyl groups is 1. The zero-order chi connectivity index (χ0) is 16.0. The fraction of sp³-hybridized carbons (Fsp3) is 0. The number of aromatic carboxylic acids is 1. The summed E-state index contributed by atoms with van der Waals surface area (Å²) in [6, 6.07) is 11.8. The van der Waals surface area contributed by atoms with Crippen LogP contribution in [-0.2, 0) is 0 Å². The largest absolute Gasteiger partial charge is 0.506 e. The number of hydrogen-bond donors (Lipinski definition) is 3. The summed E-state index contributed by atoms with van der Waals surface area (Å²) in [7, 11) is 0. The normalized spacial score (nSPS) is 11.1. The van der Waals surface area contributed by atoms with Crippen LogP contribution in [0.5, 0.6) is 5.75 Å². The van der Waals surface area contributed by atoms with Crippen LogP contribution in [0.2, 0.25) is 0 Å². The van der Waals surface area contributed by atoms with Gasteiger partial charge in [-0.1, -0.05) is 6.07 Å². The Morgan fingerprint density at radius 1 is 1.09 bits per heavy atom. The van der Waals surface area contributed by atoms with Gasteiger partial charge in [0.25, 0.3) is 0 Å². The van der Waals surface area contributed by atoms with Gasteiger partial charge in [0.15, 0.2) is 0 Å². The van der Waals surface area contributed by atoms with Gasteiger partial charge in [0.2, 0.25) is 0 Å². The van der Waals surface area contributed by atoms with Gasteiger partial charge in [-0.25, -0.2) is 4.79 Å². The fourth-order valence-corrected chi connectivity index (χ4v) is 2.72. The summed E-state index contributed by atoms with van der Waals surface area (Å²) in [5.41, 5.74) is 2.83. The minimum atomic E-state index is -0.990. The molecule has 23 heavy (non-hydrogen) atoms. The van der Waals surface area contributed by atoms with E-state index in [4.69, 9.17) is 0 Å². The summed E-state index contributed by atoms with van der Waals surface area (Å²) in [6.07, 6.45) is 1.61. The Bertz CT molecular complexity index is 1070. The summed E-state index contributed by atoms with van der Waals surface area (Å²) in [4.78, 5) is 15.4. The van der Waals surface area contributed by atoms with E-state index in [0.29, 0.717) is 16.6 Å². The van der Waals surface area contributed by atoms with Gasteiger partial charge in [0.1, 0.15) is 17.0 Å². The number of aromatic nitrogens is 3. The maximum atomic E-state index is 11.2. The van der Waals surface area contributed by atoms with Crippen molar-refractivity contribution in [3.63, 3.8) is 0 Å². The first kappa shape index (κ1) is 13.3. The molecule has 4 rings (SSSR count). The highest BCUT2D eigenvalue weighted by atomic mass is 16.4. The first-order valence-corrected chi connectivity index (χ1v) is 6.93. The number of carboxylic acids is 1. The van der Waals surface area contributed by atoms with Crippen LogP contribution < -0.4 is 0 Å². The molecular formula is C17H11N3O3. The van der Waals surface area contributed by atoms with Crippen molar-refractivity contribution < 1.29 is 15.0 Å². The number of carboxylic acid groups (broad SMARTS) is 1. The standard InChI is InChI=1S/C17H11N3O3/c21-14-6-4-11(10-2-1-7-18-16(10)14)15-12-8-9(17(22)23)3-5-13(12)19-20-15/h1-8,21H,(H,19,20)(H,22,23). The van der Waals surface area contributed by atoms with Crippen molar-refractivity contribution >= 4 is 27.8 Å². The second-order valence-electron chi connectivity index (χ2n) is 5.17. The smallest absolute Gasteiger partial charge is 0.335 e. The van der Waals surface area contributed by atoms with Crippen molar-refractivity contribution in [2.75, 3.05) is 0 Å². The first-order chi connectivity index (χ1) is 11.1. The maximum absolute atomic E-state index is 11.2. The van der Waals surface area contributed by atoms with Gasteiger partial charge in [-0.3, -0.25) is 10.1 Å². The van der Waals surface area contributed by atoms with Gasteiger partial charge in [0.05, 0.1) is 11.1 Å². The number of hydrogen-bond acceptors (Lipinski definition) is 4. The van der Waals surface area contributed by atoms with Gasteiger partial charge < -0.3 is 10.2 Å². The number of carbonyl (C=O) groups is 1. The molecule has 3 N–H and O–H groups in total. The number of nitrogens with one attached hydrogen (secondary N) is 1. The number of nitrogens with zero attached hydrogens (tertiary/aromatic N) is 2. The number of phenolic OH excluding ortho intramolecular Hbond substituents is 1. The average molecular weight is 305 g/mol. The van der Waals surface area contributed by atoms with Crippen LogP contribution >= 0.6 is 0 Å². The van der Waals surface area contributed by atoms with E-state index in [2.05, 4.69) is 15.2 Å². The summed E-state index contributed by atoms with van der Waals surface area (Å²) in [5.74, 6) is -0.897. The van der Waals surface area contributed by atoms with E-state index in [1.807, 2.05) is 6.07 Å². The van der Waals surface area contributed by atoms with Crippen molar-refractivity contribution in [3.05, 3.63) is 54.2 Å². The molecule has 0 amide bonds. The van der Waals surface area contributed by atoms with E-state index in [9.17, 15) is 15.0 Å². The van der Waals surface area contributed by atoms with Crippen molar-refractivity contribution in [1.29, 1.82) is 0 Å². The third-order valence-corrected chi connectivity index (χ3v) is 3.81. The first-order valence-electron chi connectivity index (χ1n) is 6.93. The lowest BCUT2D eigenvalue weighted by molar-refractivity contribution is 0.0697. The number of aromatic amines is 1. The molecule has 0 saturated carbocycles. The zero-order valence-electron chi connectivity index (χ0n) is 11.8. The molecule has 2 heterocycles. The number of fused-ring (bicyclic) bond motifs is 2. The highest BCUT2D eigenvalue weighted by molar-refractivity contribution is 6.05. The summed E-state index contributed by atoms with van der Waals surface area (Å²) < 4.78 is 0. The Labute approximate surface area is 130 Å². The van der Waals surface area contributed by atoms with Crippen LogP contribution in [0.3, 0.4) is 0 Å². The molecule has 0 radical (unpaired) electrons. The lowest BCUT2D eigenvalue weighted by Crippen LogP contribution is -1.95. The topological polar surface area (TPSA) is 99.1 Å². The molecule has 0 aliphatic heterocycles. The monoisotopic (exact) mass is 305 g/mol. The van der Waals surface area contributed by atoms with Crippen molar-refractivity contribution in [3.8, 4) is 17.0 Å². The second-order valence-corrected chi connectivity index (χ2v) is 5.17. The van der Waals surface area contributed by atoms with Crippen LogP contribution in [0, 0.1) is 0 Å². The van der Waals surface area contributed by atoms with Gasteiger partial charge in [-0.05, 0) is 36.4 Å². The molecule has 0 fully saturated rings.